The molecule has 5 nitrogen and oxygen atoms in total. The van der Waals surface area contributed by atoms with Gasteiger partial charge in [-0.15, -0.1) is 0 Å². The molecule has 0 bridgehead atoms. The summed E-state index contributed by atoms with van der Waals surface area (Å²) < 4.78 is 0.687. The van der Waals surface area contributed by atoms with Crippen LogP contribution in [0.3, 0.4) is 0 Å². The molecule has 0 aliphatic carbocycles. The van der Waals surface area contributed by atoms with Crippen molar-refractivity contribution in [2.24, 2.45) is 10.2 Å². The molecule has 0 aliphatic rings. The first-order chi connectivity index (χ1) is 8.78. The van der Waals surface area contributed by atoms with Crippen LogP contribution in [0.1, 0.15) is 0 Å². The lowest BCUT2D eigenvalue weighted by Gasteiger charge is -1.95. The zero-order valence-corrected chi connectivity index (χ0v) is 10.0. The van der Waals surface area contributed by atoms with E-state index in [1.807, 2.05) is 5.40 Å². The van der Waals surface area contributed by atoms with Crippen LogP contribution in [-0.2, 0) is 0 Å². The SMILES string of the molecule is N#CSc1ccc(N=Nc2cc[n+]([O-])cc2)cc1. The van der Waals surface area contributed by atoms with Gasteiger partial charge in [0.25, 0.3) is 0 Å². The van der Waals surface area contributed by atoms with Gasteiger partial charge in [-0.1, -0.05) is 0 Å². The summed E-state index contributed by atoms with van der Waals surface area (Å²) in [5.41, 5.74) is 1.30. The Hall–Kier alpha value is -2.39. The number of thiocyanates is 1. The molecule has 88 valence electrons. The first kappa shape index (κ1) is 12.1. The number of azo groups is 1. The van der Waals surface area contributed by atoms with Gasteiger partial charge in [0, 0.05) is 17.0 Å². The summed E-state index contributed by atoms with van der Waals surface area (Å²) in [6, 6.07) is 10.3. The van der Waals surface area contributed by atoms with Gasteiger partial charge in [0.1, 0.15) is 5.40 Å². The number of pyridine rings is 1. The minimum Gasteiger partial charge on any atom is -0.619 e. The standard InChI is InChI=1S/C12H8N4OS/c13-9-18-12-3-1-10(2-4-12)14-15-11-5-7-16(17)8-6-11/h1-8H. The van der Waals surface area contributed by atoms with Crippen LogP contribution in [0, 0.1) is 15.9 Å². The monoisotopic (exact) mass is 256 g/mol. The molecule has 0 radical (unpaired) electrons. The van der Waals surface area contributed by atoms with Gasteiger partial charge in [0.2, 0.25) is 0 Å². The van der Waals surface area contributed by atoms with Gasteiger partial charge in [-0.2, -0.15) is 20.2 Å². The molecular formula is C12H8N4OS. The summed E-state index contributed by atoms with van der Waals surface area (Å²) >= 11 is 1.10. The number of aromatic nitrogens is 1. The number of benzene rings is 1. The van der Waals surface area contributed by atoms with Crippen LogP contribution in [0.15, 0.2) is 63.9 Å². The maximum absolute atomic E-state index is 10.8. The fraction of sp³-hybridized carbons (Fsp3) is 0. The highest BCUT2D eigenvalue weighted by Crippen LogP contribution is 2.22. The summed E-state index contributed by atoms with van der Waals surface area (Å²) in [7, 11) is 0. The van der Waals surface area contributed by atoms with Crippen molar-refractivity contribution in [2.45, 2.75) is 4.90 Å². The predicted octanol–water partition coefficient (Wildman–Crippen LogP) is 3.31. The zero-order chi connectivity index (χ0) is 12.8. The lowest BCUT2D eigenvalue weighted by atomic mass is 10.3. The van der Waals surface area contributed by atoms with E-state index >= 15 is 0 Å². The second-order valence-electron chi connectivity index (χ2n) is 3.30. The van der Waals surface area contributed by atoms with E-state index in [1.54, 1.807) is 36.4 Å². The summed E-state index contributed by atoms with van der Waals surface area (Å²) in [6.07, 6.45) is 2.72. The van der Waals surface area contributed by atoms with E-state index in [9.17, 15) is 5.21 Å². The second kappa shape index (κ2) is 5.80. The Kier molecular flexibility index (Phi) is 3.89. The number of nitrogens with zero attached hydrogens (tertiary/aromatic N) is 4. The lowest BCUT2D eigenvalue weighted by molar-refractivity contribution is -0.605. The van der Waals surface area contributed by atoms with Crippen molar-refractivity contribution in [3.8, 4) is 5.40 Å². The van der Waals surface area contributed by atoms with Crippen molar-refractivity contribution in [1.29, 1.82) is 5.26 Å². The Morgan fingerprint density at radius 1 is 1.00 bits per heavy atom. The van der Waals surface area contributed by atoms with Gasteiger partial charge in [0.15, 0.2) is 12.4 Å². The van der Waals surface area contributed by atoms with Crippen LogP contribution in [0.5, 0.6) is 0 Å². The highest BCUT2D eigenvalue weighted by Gasteiger charge is 1.95. The van der Waals surface area contributed by atoms with E-state index in [0.29, 0.717) is 16.1 Å². The molecule has 0 amide bonds. The number of hydrogen-bond donors (Lipinski definition) is 0. The van der Waals surface area contributed by atoms with E-state index in [0.717, 1.165) is 16.7 Å². The molecule has 0 spiro atoms. The number of nitriles is 1. The Morgan fingerprint density at radius 3 is 2.11 bits per heavy atom. The van der Waals surface area contributed by atoms with Crippen molar-refractivity contribution >= 4 is 23.1 Å². The van der Waals surface area contributed by atoms with E-state index < -0.39 is 0 Å². The Labute approximate surface area is 108 Å². The Balaban J connectivity index is 2.09. The van der Waals surface area contributed by atoms with Crippen LogP contribution >= 0.6 is 11.8 Å². The molecule has 0 atom stereocenters. The van der Waals surface area contributed by atoms with Gasteiger partial charge < -0.3 is 5.21 Å². The molecule has 2 rings (SSSR count). The normalized spacial score (nSPS) is 10.4. The minimum atomic E-state index is 0.609. The molecule has 1 aromatic carbocycles. The fourth-order valence-electron chi connectivity index (χ4n) is 1.22. The summed E-state index contributed by atoms with van der Waals surface area (Å²) in [6.45, 7) is 0. The minimum absolute atomic E-state index is 0.609. The Morgan fingerprint density at radius 2 is 1.56 bits per heavy atom. The summed E-state index contributed by atoms with van der Waals surface area (Å²) in [5, 5.41) is 29.3. The highest BCUT2D eigenvalue weighted by atomic mass is 32.2. The van der Waals surface area contributed by atoms with E-state index in [1.165, 1.54) is 12.4 Å². The van der Waals surface area contributed by atoms with E-state index in [4.69, 9.17) is 5.26 Å². The smallest absolute Gasteiger partial charge is 0.182 e. The summed E-state index contributed by atoms with van der Waals surface area (Å²) in [4.78, 5) is 0.864. The van der Waals surface area contributed by atoms with Crippen molar-refractivity contribution in [2.75, 3.05) is 0 Å². The third kappa shape index (κ3) is 3.30. The van der Waals surface area contributed by atoms with Gasteiger partial charge in [-0.25, -0.2) is 0 Å². The molecule has 2 aromatic rings. The zero-order valence-electron chi connectivity index (χ0n) is 9.22. The molecule has 18 heavy (non-hydrogen) atoms. The van der Waals surface area contributed by atoms with Crippen LogP contribution in [0.25, 0.3) is 0 Å². The molecule has 0 saturated heterocycles. The van der Waals surface area contributed by atoms with Crippen molar-refractivity contribution in [1.82, 2.24) is 0 Å². The van der Waals surface area contributed by atoms with Gasteiger partial charge >= 0.3 is 0 Å². The number of rotatable bonds is 3. The molecule has 1 heterocycles. The van der Waals surface area contributed by atoms with Gasteiger partial charge in [-0.3, -0.25) is 0 Å². The maximum atomic E-state index is 10.8. The van der Waals surface area contributed by atoms with Crippen LogP contribution in [0.4, 0.5) is 11.4 Å². The number of hydrogen-bond acceptors (Lipinski definition) is 5. The van der Waals surface area contributed by atoms with Crippen LogP contribution in [0.2, 0.25) is 0 Å². The molecular weight excluding hydrogens is 248 g/mol. The second-order valence-corrected chi connectivity index (χ2v) is 4.16. The molecule has 0 fully saturated rings. The maximum Gasteiger partial charge on any atom is 0.182 e. The van der Waals surface area contributed by atoms with Crippen molar-refractivity contribution in [3.05, 3.63) is 54.0 Å². The quantitative estimate of drug-likeness (QED) is 0.278. The highest BCUT2D eigenvalue weighted by molar-refractivity contribution is 8.03. The van der Waals surface area contributed by atoms with Crippen molar-refractivity contribution < 1.29 is 4.73 Å². The summed E-state index contributed by atoms with van der Waals surface area (Å²) in [5.74, 6) is 0. The molecule has 6 heteroatoms. The average molecular weight is 256 g/mol. The first-order valence-corrected chi connectivity index (χ1v) is 5.86. The predicted molar refractivity (Wildman–Crippen MR) is 67.5 cm³/mol. The van der Waals surface area contributed by atoms with E-state index in [2.05, 4.69) is 10.2 Å². The Bertz CT molecular complexity index is 587. The third-order valence-corrected chi connectivity index (χ3v) is 2.66. The molecule has 0 unspecified atom stereocenters. The molecule has 0 N–H and O–H groups in total. The largest absolute Gasteiger partial charge is 0.619 e. The first-order valence-electron chi connectivity index (χ1n) is 5.04. The number of thioether (sulfide) groups is 1. The van der Waals surface area contributed by atoms with Crippen LogP contribution in [-0.4, -0.2) is 0 Å². The lowest BCUT2D eigenvalue weighted by Crippen LogP contribution is -2.22. The third-order valence-electron chi connectivity index (χ3n) is 2.07. The van der Waals surface area contributed by atoms with Gasteiger partial charge in [-0.05, 0) is 36.0 Å². The van der Waals surface area contributed by atoms with E-state index in [-0.39, 0.29) is 0 Å². The average Bonchev–Trinajstić information content (AvgIpc) is 2.40. The fourth-order valence-corrected chi connectivity index (χ4v) is 1.60. The molecule has 1 aromatic heterocycles. The van der Waals surface area contributed by atoms with Crippen LogP contribution < -0.4 is 4.73 Å². The van der Waals surface area contributed by atoms with Crippen molar-refractivity contribution in [3.63, 3.8) is 0 Å². The molecule has 0 aliphatic heterocycles. The van der Waals surface area contributed by atoms with Gasteiger partial charge in [0.05, 0.1) is 11.4 Å². The topological polar surface area (TPSA) is 75.5 Å². The molecule has 0 saturated carbocycles.